The lowest BCUT2D eigenvalue weighted by Gasteiger charge is -2.30. The molecule has 0 spiro atoms. The van der Waals surface area contributed by atoms with Crippen molar-refractivity contribution in [2.75, 3.05) is 11.9 Å². The van der Waals surface area contributed by atoms with Crippen LogP contribution in [-0.2, 0) is 4.79 Å². The van der Waals surface area contributed by atoms with Gasteiger partial charge in [0.1, 0.15) is 11.9 Å². The van der Waals surface area contributed by atoms with Crippen LogP contribution in [0.3, 0.4) is 0 Å². The highest BCUT2D eigenvalue weighted by molar-refractivity contribution is 9.10. The summed E-state index contributed by atoms with van der Waals surface area (Å²) in [7, 11) is 1.44. The number of alkyl halides is 3. The van der Waals surface area contributed by atoms with Gasteiger partial charge in [0.05, 0.1) is 10.2 Å². The molecule has 0 aliphatic carbocycles. The van der Waals surface area contributed by atoms with Crippen LogP contribution in [-0.4, -0.2) is 30.5 Å². The van der Waals surface area contributed by atoms with Crippen molar-refractivity contribution in [3.05, 3.63) is 58.3 Å². The molecule has 0 bridgehead atoms. The number of benzene rings is 2. The van der Waals surface area contributed by atoms with Crippen LogP contribution in [0, 0.1) is 5.82 Å². The number of hydrogen-bond donors (Lipinski definition) is 1. The minimum Gasteiger partial charge on any atom is -0.404 e. The maximum Gasteiger partial charge on any atom is 0.573 e. The molecule has 3 rings (SSSR count). The monoisotopic (exact) mass is 447 g/mol. The Balaban J connectivity index is 2.12. The number of anilines is 1. The summed E-state index contributed by atoms with van der Waals surface area (Å²) in [6, 6.07) is 8.29. The fourth-order valence-electron chi connectivity index (χ4n) is 2.93. The van der Waals surface area contributed by atoms with Crippen molar-refractivity contribution >= 4 is 27.5 Å². The van der Waals surface area contributed by atoms with Crippen molar-refractivity contribution in [2.24, 2.45) is 5.73 Å². The molecule has 1 fully saturated rings. The molecule has 144 valence electrons. The molecular formula is C17H14BrF4N3O2. The fourth-order valence-corrected chi connectivity index (χ4v) is 3.33. The van der Waals surface area contributed by atoms with Gasteiger partial charge >= 0.3 is 6.36 Å². The number of halogens is 5. The third-order valence-corrected chi connectivity index (χ3v) is 4.78. The summed E-state index contributed by atoms with van der Waals surface area (Å²) >= 11 is 3.05. The number of nitrogens with zero attached hydrogens (tertiary/aromatic N) is 2. The van der Waals surface area contributed by atoms with Crippen LogP contribution >= 0.6 is 15.9 Å². The van der Waals surface area contributed by atoms with Crippen molar-refractivity contribution in [1.82, 2.24) is 4.90 Å². The van der Waals surface area contributed by atoms with Gasteiger partial charge in [-0.05, 0) is 45.8 Å². The van der Waals surface area contributed by atoms with E-state index in [1.807, 2.05) is 0 Å². The Kier molecular flexibility index (Phi) is 5.04. The summed E-state index contributed by atoms with van der Waals surface area (Å²) in [5.41, 5.74) is 6.44. The summed E-state index contributed by atoms with van der Waals surface area (Å²) in [5.74, 6) is -1.47. The third-order valence-electron chi connectivity index (χ3n) is 4.17. The molecule has 0 saturated carbocycles. The first-order valence-electron chi connectivity index (χ1n) is 7.70. The highest BCUT2D eigenvalue weighted by Crippen LogP contribution is 2.42. The van der Waals surface area contributed by atoms with Gasteiger partial charge in [0.2, 0.25) is 0 Å². The number of rotatable bonds is 3. The Bertz CT molecular complexity index is 877. The number of amides is 1. The van der Waals surface area contributed by atoms with Gasteiger partial charge < -0.3 is 14.5 Å². The van der Waals surface area contributed by atoms with Gasteiger partial charge in [-0.1, -0.05) is 18.2 Å². The predicted octanol–water partition coefficient (Wildman–Crippen LogP) is 3.75. The second-order valence-corrected chi connectivity index (χ2v) is 6.72. The molecule has 0 aromatic heterocycles. The summed E-state index contributed by atoms with van der Waals surface area (Å²) < 4.78 is 56.1. The summed E-state index contributed by atoms with van der Waals surface area (Å²) in [6.07, 6.45) is -5.95. The van der Waals surface area contributed by atoms with Crippen LogP contribution in [0.4, 0.5) is 23.2 Å². The summed E-state index contributed by atoms with van der Waals surface area (Å²) in [6.45, 7) is 0. The van der Waals surface area contributed by atoms with E-state index in [1.165, 1.54) is 47.2 Å². The molecule has 2 aromatic carbocycles. The first-order chi connectivity index (χ1) is 12.6. The zero-order valence-corrected chi connectivity index (χ0v) is 15.5. The smallest absolute Gasteiger partial charge is 0.404 e. The second-order valence-electron chi connectivity index (χ2n) is 5.86. The topological polar surface area (TPSA) is 58.8 Å². The largest absolute Gasteiger partial charge is 0.573 e. The van der Waals surface area contributed by atoms with Crippen molar-refractivity contribution in [3.63, 3.8) is 0 Å². The minimum atomic E-state index is -4.91. The molecule has 0 radical (unpaired) electrons. The molecule has 1 amide bonds. The molecule has 27 heavy (non-hydrogen) atoms. The van der Waals surface area contributed by atoms with E-state index in [0.717, 1.165) is 12.1 Å². The van der Waals surface area contributed by atoms with Crippen LogP contribution in [0.5, 0.6) is 5.75 Å². The van der Waals surface area contributed by atoms with Crippen LogP contribution in [0.2, 0.25) is 0 Å². The molecule has 1 heterocycles. The number of hydrogen-bond acceptors (Lipinski definition) is 4. The van der Waals surface area contributed by atoms with Crippen molar-refractivity contribution in [2.45, 2.75) is 18.7 Å². The Morgan fingerprint density at radius 2 is 1.85 bits per heavy atom. The van der Waals surface area contributed by atoms with Crippen molar-refractivity contribution < 1.29 is 27.1 Å². The first kappa shape index (κ1) is 19.4. The van der Waals surface area contributed by atoms with Gasteiger partial charge in [-0.3, -0.25) is 10.5 Å². The van der Waals surface area contributed by atoms with Crippen LogP contribution < -0.4 is 15.4 Å². The number of carbonyl (C=O) groups is 1. The Morgan fingerprint density at radius 3 is 2.48 bits per heavy atom. The van der Waals surface area contributed by atoms with E-state index in [1.54, 1.807) is 0 Å². The summed E-state index contributed by atoms with van der Waals surface area (Å²) in [5, 5.41) is 0. The van der Waals surface area contributed by atoms with Gasteiger partial charge in [0, 0.05) is 7.05 Å². The van der Waals surface area contributed by atoms with E-state index in [9.17, 15) is 22.4 Å². The Labute approximate surface area is 160 Å². The van der Waals surface area contributed by atoms with Gasteiger partial charge in [0.25, 0.3) is 5.91 Å². The molecule has 1 aliphatic rings. The molecule has 10 heteroatoms. The van der Waals surface area contributed by atoms with Gasteiger partial charge in [0.15, 0.2) is 12.0 Å². The normalized spacial score (nSPS) is 20.3. The van der Waals surface area contributed by atoms with Crippen LogP contribution in [0.15, 0.2) is 46.9 Å². The minimum absolute atomic E-state index is 0.00882. The highest BCUT2D eigenvalue weighted by Gasteiger charge is 2.45. The van der Waals surface area contributed by atoms with Gasteiger partial charge in [-0.25, -0.2) is 4.39 Å². The Hall–Kier alpha value is -2.33. The lowest BCUT2D eigenvalue weighted by atomic mass is 10.0. The maximum absolute atomic E-state index is 13.6. The fraction of sp³-hybridized carbons (Fsp3) is 0.235. The van der Waals surface area contributed by atoms with Crippen molar-refractivity contribution in [1.29, 1.82) is 0 Å². The number of para-hydroxylation sites is 2. The number of ether oxygens (including phenoxy) is 1. The third kappa shape index (κ3) is 3.72. The zero-order chi connectivity index (χ0) is 19.9. The van der Waals surface area contributed by atoms with Crippen molar-refractivity contribution in [3.8, 4) is 5.75 Å². The summed E-state index contributed by atoms with van der Waals surface area (Å²) in [4.78, 5) is 15.2. The second kappa shape index (κ2) is 7.01. The van der Waals surface area contributed by atoms with E-state index in [0.29, 0.717) is 5.56 Å². The van der Waals surface area contributed by atoms with Crippen LogP contribution in [0.25, 0.3) is 0 Å². The lowest BCUT2D eigenvalue weighted by Crippen LogP contribution is -2.45. The molecule has 1 saturated heterocycles. The molecule has 2 N–H and O–H groups in total. The molecule has 2 aromatic rings. The maximum atomic E-state index is 13.6. The van der Waals surface area contributed by atoms with E-state index < -0.39 is 36.2 Å². The zero-order valence-electron chi connectivity index (χ0n) is 13.9. The quantitative estimate of drug-likeness (QED) is 0.728. The van der Waals surface area contributed by atoms with Crippen LogP contribution in [0.1, 0.15) is 11.6 Å². The molecule has 1 aliphatic heterocycles. The standard InChI is InChI=1S/C17H14BrF4N3O2/c1-24-15(26)14(9-6-7-11(19)10(18)8-9)25(16(24)23)12-4-2-3-5-13(12)27-17(20,21)22/h2-8,14,16H,23H2,1H3. The number of carbonyl (C=O) groups excluding carboxylic acids is 1. The van der Waals surface area contributed by atoms with E-state index in [4.69, 9.17) is 5.73 Å². The van der Waals surface area contributed by atoms with E-state index in [-0.39, 0.29) is 10.2 Å². The Morgan fingerprint density at radius 1 is 1.19 bits per heavy atom. The highest BCUT2D eigenvalue weighted by atomic mass is 79.9. The average molecular weight is 448 g/mol. The number of likely N-dealkylation sites (N-methyl/N-ethyl adjacent to an activating group) is 1. The van der Waals surface area contributed by atoms with Gasteiger partial charge in [-0.15, -0.1) is 13.2 Å². The number of nitrogens with two attached hydrogens (primary N) is 1. The average Bonchev–Trinajstić information content (AvgIpc) is 2.81. The van der Waals surface area contributed by atoms with E-state index in [2.05, 4.69) is 20.7 Å². The SMILES string of the molecule is CN1C(=O)C(c2ccc(F)c(Br)c2)N(c2ccccc2OC(F)(F)F)C1N. The molecule has 2 atom stereocenters. The first-order valence-corrected chi connectivity index (χ1v) is 8.50. The predicted molar refractivity (Wildman–Crippen MR) is 93.2 cm³/mol. The van der Waals surface area contributed by atoms with Gasteiger partial charge in [-0.2, -0.15) is 0 Å². The van der Waals surface area contributed by atoms with E-state index >= 15 is 0 Å². The molecule has 2 unspecified atom stereocenters. The lowest BCUT2D eigenvalue weighted by molar-refractivity contribution is -0.274. The molecule has 5 nitrogen and oxygen atoms in total. The molecular weight excluding hydrogens is 434 g/mol.